The van der Waals surface area contributed by atoms with Crippen LogP contribution < -0.4 is 10.6 Å². The van der Waals surface area contributed by atoms with Crippen molar-refractivity contribution >= 4 is 51.3 Å². The molecule has 0 atom stereocenters. The van der Waals surface area contributed by atoms with Gasteiger partial charge in [0.2, 0.25) is 5.95 Å². The SMILES string of the molecule is Nc1nccc2cc(CCC(=O)c3cc(Cl)c(CN4CCN(c5ncccn5)CC4)s3)ccc12. The number of ketones is 1. The molecule has 5 rings (SSSR count). The van der Waals surface area contributed by atoms with Gasteiger partial charge in [-0.2, -0.15) is 0 Å². The van der Waals surface area contributed by atoms with Crippen LogP contribution in [0.15, 0.2) is 55.0 Å². The minimum atomic E-state index is 0.124. The predicted octanol–water partition coefficient (Wildman–Crippen LogP) is 4.46. The molecule has 0 radical (unpaired) electrons. The van der Waals surface area contributed by atoms with Crippen LogP contribution in [0.5, 0.6) is 0 Å². The van der Waals surface area contributed by atoms with Crippen LogP contribution >= 0.6 is 22.9 Å². The van der Waals surface area contributed by atoms with Gasteiger partial charge in [0, 0.05) is 68.0 Å². The average molecular weight is 493 g/mol. The zero-order chi connectivity index (χ0) is 23.5. The summed E-state index contributed by atoms with van der Waals surface area (Å²) in [4.78, 5) is 32.0. The van der Waals surface area contributed by atoms with Crippen molar-refractivity contribution in [2.24, 2.45) is 0 Å². The molecule has 0 aliphatic carbocycles. The Labute approximate surface area is 207 Å². The molecule has 0 unspecified atom stereocenters. The highest BCUT2D eigenvalue weighted by Gasteiger charge is 2.21. The molecule has 1 aliphatic heterocycles. The minimum Gasteiger partial charge on any atom is -0.383 e. The number of halogens is 1. The number of nitrogens with two attached hydrogens (primary N) is 1. The Morgan fingerprint density at radius 3 is 2.62 bits per heavy atom. The molecule has 0 saturated carbocycles. The van der Waals surface area contributed by atoms with Gasteiger partial charge in [-0.15, -0.1) is 11.3 Å². The standard InChI is InChI=1S/C25H25ClN6OS/c26-20-15-22(21(33)5-3-17-2-4-19-18(14-17)6-9-28-24(19)27)34-23(20)16-31-10-12-32(13-11-31)25-29-7-1-8-30-25/h1-2,4,6-9,14-15H,3,5,10-13,16H2,(H2,27,28). The summed E-state index contributed by atoms with van der Waals surface area (Å²) in [5.41, 5.74) is 7.04. The van der Waals surface area contributed by atoms with Gasteiger partial charge < -0.3 is 10.6 Å². The summed E-state index contributed by atoms with van der Waals surface area (Å²) in [7, 11) is 0. The topological polar surface area (TPSA) is 88.2 Å². The highest BCUT2D eigenvalue weighted by atomic mass is 35.5. The fraction of sp³-hybridized carbons (Fsp3) is 0.280. The normalized spacial score (nSPS) is 14.6. The Morgan fingerprint density at radius 2 is 1.82 bits per heavy atom. The largest absolute Gasteiger partial charge is 0.383 e. The van der Waals surface area contributed by atoms with Gasteiger partial charge in [0.25, 0.3) is 0 Å². The maximum absolute atomic E-state index is 12.9. The fourth-order valence-corrected chi connectivity index (χ4v) is 5.61. The van der Waals surface area contributed by atoms with Gasteiger partial charge in [-0.05, 0) is 35.6 Å². The molecule has 0 spiro atoms. The molecule has 1 saturated heterocycles. The van der Waals surface area contributed by atoms with Crippen molar-refractivity contribution in [2.45, 2.75) is 19.4 Å². The van der Waals surface area contributed by atoms with Crippen molar-refractivity contribution in [3.8, 4) is 0 Å². The van der Waals surface area contributed by atoms with E-state index in [1.54, 1.807) is 18.6 Å². The summed E-state index contributed by atoms with van der Waals surface area (Å²) in [5, 5.41) is 2.65. The quantitative estimate of drug-likeness (QED) is 0.381. The lowest BCUT2D eigenvalue weighted by Crippen LogP contribution is -2.46. The zero-order valence-electron chi connectivity index (χ0n) is 18.7. The van der Waals surface area contributed by atoms with E-state index in [1.165, 1.54) is 11.3 Å². The molecule has 3 aromatic heterocycles. The van der Waals surface area contributed by atoms with Crippen LogP contribution in [0.25, 0.3) is 10.8 Å². The molecule has 4 aromatic rings. The van der Waals surface area contributed by atoms with E-state index in [-0.39, 0.29) is 5.78 Å². The molecule has 1 aromatic carbocycles. The van der Waals surface area contributed by atoms with E-state index in [4.69, 9.17) is 17.3 Å². The van der Waals surface area contributed by atoms with Gasteiger partial charge in [0.15, 0.2) is 5.78 Å². The number of hydrogen-bond donors (Lipinski definition) is 1. The van der Waals surface area contributed by atoms with Gasteiger partial charge in [-0.1, -0.05) is 29.8 Å². The smallest absolute Gasteiger partial charge is 0.225 e. The second-order valence-electron chi connectivity index (χ2n) is 8.37. The average Bonchev–Trinajstić information content (AvgIpc) is 3.23. The van der Waals surface area contributed by atoms with Crippen LogP contribution in [0.1, 0.15) is 26.5 Å². The lowest BCUT2D eigenvalue weighted by Gasteiger charge is -2.34. The summed E-state index contributed by atoms with van der Waals surface area (Å²) >= 11 is 8.03. The number of thiophene rings is 1. The first kappa shape index (κ1) is 22.7. The number of nitrogens with zero attached hydrogens (tertiary/aromatic N) is 5. The summed E-state index contributed by atoms with van der Waals surface area (Å²) < 4.78 is 0. The highest BCUT2D eigenvalue weighted by molar-refractivity contribution is 7.14. The van der Waals surface area contributed by atoms with E-state index in [0.29, 0.717) is 23.7 Å². The van der Waals surface area contributed by atoms with Gasteiger partial charge in [0.1, 0.15) is 5.82 Å². The molecule has 4 heterocycles. The number of nitrogen functional groups attached to an aromatic ring is 1. The Hall–Kier alpha value is -3.07. The van der Waals surface area contributed by atoms with Crippen LogP contribution in [-0.2, 0) is 13.0 Å². The number of pyridine rings is 1. The molecule has 174 valence electrons. The molecule has 7 nitrogen and oxygen atoms in total. The number of carbonyl (C=O) groups is 1. The van der Waals surface area contributed by atoms with E-state index in [2.05, 4.69) is 30.8 Å². The van der Waals surface area contributed by atoms with E-state index < -0.39 is 0 Å². The number of Topliss-reactive ketones (excluding diaryl/α,β-unsaturated/α-hetero) is 1. The molecular weight excluding hydrogens is 468 g/mol. The van der Waals surface area contributed by atoms with Crippen molar-refractivity contribution in [1.82, 2.24) is 19.9 Å². The molecule has 1 fully saturated rings. The number of aryl methyl sites for hydroxylation is 1. The monoisotopic (exact) mass is 492 g/mol. The highest BCUT2D eigenvalue weighted by Crippen LogP contribution is 2.30. The van der Waals surface area contributed by atoms with Crippen LogP contribution in [0.4, 0.5) is 11.8 Å². The van der Waals surface area contributed by atoms with Crippen LogP contribution in [0, 0.1) is 0 Å². The molecule has 1 aliphatic rings. The minimum absolute atomic E-state index is 0.124. The first-order valence-corrected chi connectivity index (χ1v) is 12.4. The number of fused-ring (bicyclic) bond motifs is 1. The summed E-state index contributed by atoms with van der Waals surface area (Å²) in [6.45, 7) is 4.29. The molecular formula is C25H25ClN6OS. The number of carbonyl (C=O) groups excluding carboxylic acids is 1. The Kier molecular flexibility index (Phi) is 6.71. The number of aromatic nitrogens is 3. The third-order valence-corrected chi connectivity index (χ3v) is 7.72. The first-order chi connectivity index (χ1) is 16.6. The maximum Gasteiger partial charge on any atom is 0.225 e. The number of anilines is 2. The maximum atomic E-state index is 12.9. The first-order valence-electron chi connectivity index (χ1n) is 11.3. The van der Waals surface area contributed by atoms with E-state index in [9.17, 15) is 4.79 Å². The van der Waals surface area contributed by atoms with Crippen LogP contribution in [0.3, 0.4) is 0 Å². The Morgan fingerprint density at radius 1 is 1.03 bits per heavy atom. The number of rotatable bonds is 7. The molecule has 9 heteroatoms. The summed E-state index contributed by atoms with van der Waals surface area (Å²) in [5.74, 6) is 1.42. The number of benzene rings is 1. The van der Waals surface area contributed by atoms with E-state index in [1.807, 2.05) is 30.3 Å². The molecule has 2 N–H and O–H groups in total. The van der Waals surface area contributed by atoms with Gasteiger partial charge in [-0.3, -0.25) is 9.69 Å². The van der Waals surface area contributed by atoms with Crippen LogP contribution in [-0.4, -0.2) is 51.8 Å². The fourth-order valence-electron chi connectivity index (χ4n) is 4.20. The Balaban J connectivity index is 1.17. The van der Waals surface area contributed by atoms with Gasteiger partial charge in [-0.25, -0.2) is 15.0 Å². The Bertz CT molecular complexity index is 1300. The third kappa shape index (κ3) is 5.04. The van der Waals surface area contributed by atoms with Crippen molar-refractivity contribution in [1.29, 1.82) is 0 Å². The molecule has 34 heavy (non-hydrogen) atoms. The zero-order valence-corrected chi connectivity index (χ0v) is 20.2. The van der Waals surface area contributed by atoms with E-state index in [0.717, 1.165) is 64.8 Å². The van der Waals surface area contributed by atoms with E-state index >= 15 is 0 Å². The second kappa shape index (κ2) is 10.0. The van der Waals surface area contributed by atoms with Crippen molar-refractivity contribution in [3.05, 3.63) is 75.3 Å². The van der Waals surface area contributed by atoms with Crippen LogP contribution in [0.2, 0.25) is 5.02 Å². The van der Waals surface area contributed by atoms with Gasteiger partial charge in [0.05, 0.1) is 9.90 Å². The lowest BCUT2D eigenvalue weighted by atomic mass is 10.0. The van der Waals surface area contributed by atoms with Crippen molar-refractivity contribution in [2.75, 3.05) is 36.8 Å². The second-order valence-corrected chi connectivity index (χ2v) is 9.91. The summed E-state index contributed by atoms with van der Waals surface area (Å²) in [6.07, 6.45) is 6.36. The number of piperazine rings is 1. The van der Waals surface area contributed by atoms with Crippen molar-refractivity contribution < 1.29 is 4.79 Å². The molecule has 0 amide bonds. The lowest BCUT2D eigenvalue weighted by molar-refractivity contribution is 0.0986. The van der Waals surface area contributed by atoms with Crippen molar-refractivity contribution in [3.63, 3.8) is 0 Å². The summed E-state index contributed by atoms with van der Waals surface area (Å²) in [6, 6.07) is 11.7. The third-order valence-electron chi connectivity index (χ3n) is 6.11. The van der Waals surface area contributed by atoms with Gasteiger partial charge >= 0.3 is 0 Å². The molecule has 0 bridgehead atoms. The predicted molar refractivity (Wildman–Crippen MR) is 138 cm³/mol. The number of hydrogen-bond acceptors (Lipinski definition) is 8.